The van der Waals surface area contributed by atoms with Crippen LogP contribution in [0.15, 0.2) is 35.7 Å². The molecule has 0 fully saturated rings. The molecule has 2 N–H and O–H groups in total. The number of nitrogens with zero attached hydrogens (tertiary/aromatic N) is 2. The van der Waals surface area contributed by atoms with E-state index in [9.17, 15) is 15.2 Å². The van der Waals surface area contributed by atoms with Crippen LogP contribution in [0.4, 0.5) is 5.00 Å². The van der Waals surface area contributed by atoms with Crippen molar-refractivity contribution in [1.82, 2.24) is 10.2 Å². The quantitative estimate of drug-likeness (QED) is 0.593. The van der Waals surface area contributed by atoms with E-state index >= 15 is 0 Å². The van der Waals surface area contributed by atoms with E-state index in [1.54, 1.807) is 11.4 Å². The molecule has 0 radical (unpaired) electrons. The molecule has 6 nitrogen and oxygen atoms in total. The highest BCUT2D eigenvalue weighted by Crippen LogP contribution is 2.22. The number of hydrogen-bond donors (Lipinski definition) is 2. The third kappa shape index (κ3) is 4.39. The van der Waals surface area contributed by atoms with Crippen LogP contribution in [-0.2, 0) is 19.5 Å². The molecule has 2 heterocycles. The largest absolute Gasteiger partial charge is 0.390 e. The van der Waals surface area contributed by atoms with Crippen molar-refractivity contribution in [1.29, 1.82) is 0 Å². The third-order valence-electron chi connectivity index (χ3n) is 4.21. The Morgan fingerprint density at radius 3 is 2.92 bits per heavy atom. The molecule has 1 aromatic heterocycles. The number of hydrogen-bond acceptors (Lipinski definition) is 6. The molecular formula is C17H21N3O3S. The van der Waals surface area contributed by atoms with Crippen molar-refractivity contribution in [3.05, 3.63) is 62.5 Å². The second kappa shape index (κ2) is 7.85. The monoisotopic (exact) mass is 347 g/mol. The molecule has 0 bridgehead atoms. The summed E-state index contributed by atoms with van der Waals surface area (Å²) in [6.07, 6.45) is 0.568. The summed E-state index contributed by atoms with van der Waals surface area (Å²) in [5, 5.41) is 26.0. The van der Waals surface area contributed by atoms with Crippen molar-refractivity contribution in [2.75, 3.05) is 19.6 Å². The maximum absolute atomic E-state index is 10.7. The van der Waals surface area contributed by atoms with Gasteiger partial charge in [-0.15, -0.1) is 0 Å². The fraction of sp³-hybridized carbons (Fsp3) is 0.412. The van der Waals surface area contributed by atoms with Gasteiger partial charge in [0.1, 0.15) is 0 Å². The summed E-state index contributed by atoms with van der Waals surface area (Å²) < 4.78 is 0. The van der Waals surface area contributed by atoms with E-state index in [-0.39, 0.29) is 9.92 Å². The lowest BCUT2D eigenvalue weighted by atomic mass is 10.00. The van der Waals surface area contributed by atoms with Crippen LogP contribution in [0.5, 0.6) is 0 Å². The maximum atomic E-state index is 10.7. The van der Waals surface area contributed by atoms with Gasteiger partial charge in [-0.2, -0.15) is 0 Å². The molecule has 1 atom stereocenters. The van der Waals surface area contributed by atoms with Gasteiger partial charge in [-0.3, -0.25) is 15.0 Å². The van der Waals surface area contributed by atoms with Crippen LogP contribution in [0.3, 0.4) is 0 Å². The number of rotatable bonds is 7. The minimum Gasteiger partial charge on any atom is -0.390 e. The molecule has 2 aromatic rings. The highest BCUT2D eigenvalue weighted by atomic mass is 32.1. The van der Waals surface area contributed by atoms with Crippen LogP contribution in [-0.4, -0.2) is 40.7 Å². The molecule has 0 amide bonds. The Kier molecular flexibility index (Phi) is 5.57. The zero-order chi connectivity index (χ0) is 16.9. The third-order valence-corrected chi connectivity index (χ3v) is 5.14. The summed E-state index contributed by atoms with van der Waals surface area (Å²) in [5.74, 6) is 0. The first-order valence-corrected chi connectivity index (χ1v) is 8.89. The first-order chi connectivity index (χ1) is 11.6. The van der Waals surface area contributed by atoms with Gasteiger partial charge in [-0.1, -0.05) is 35.6 Å². The zero-order valence-electron chi connectivity index (χ0n) is 13.4. The van der Waals surface area contributed by atoms with Crippen LogP contribution >= 0.6 is 11.3 Å². The molecule has 24 heavy (non-hydrogen) atoms. The molecule has 128 valence electrons. The number of aliphatic hydroxyl groups excluding tert-OH is 1. The number of benzene rings is 1. The Hall–Kier alpha value is -1.80. The van der Waals surface area contributed by atoms with Crippen molar-refractivity contribution in [2.24, 2.45) is 0 Å². The van der Waals surface area contributed by atoms with Crippen molar-refractivity contribution in [3.63, 3.8) is 0 Å². The average molecular weight is 347 g/mol. The van der Waals surface area contributed by atoms with Crippen molar-refractivity contribution in [3.8, 4) is 0 Å². The van der Waals surface area contributed by atoms with E-state index in [4.69, 9.17) is 0 Å². The fourth-order valence-electron chi connectivity index (χ4n) is 3.01. The second-order valence-electron chi connectivity index (χ2n) is 6.09. The summed E-state index contributed by atoms with van der Waals surface area (Å²) >= 11 is 1.13. The first kappa shape index (κ1) is 17.0. The standard InChI is InChI=1S/C17H21N3O3S/c21-16(9-18-8-13-7-17(20(22)23)24-12-13)11-19-6-5-14-3-1-2-4-15(14)10-19/h1-4,7,12,16,18,21H,5-6,8-11H2. The van der Waals surface area contributed by atoms with Gasteiger partial charge in [0, 0.05) is 44.2 Å². The van der Waals surface area contributed by atoms with Crippen LogP contribution < -0.4 is 5.32 Å². The Labute approximate surface area is 144 Å². The molecule has 3 rings (SSSR count). The summed E-state index contributed by atoms with van der Waals surface area (Å²) in [6, 6.07) is 10.0. The molecular weight excluding hydrogens is 326 g/mol. The predicted molar refractivity (Wildman–Crippen MR) is 94.1 cm³/mol. The molecule has 0 spiro atoms. The van der Waals surface area contributed by atoms with Crippen LogP contribution in [0.1, 0.15) is 16.7 Å². The van der Waals surface area contributed by atoms with Gasteiger partial charge in [0.25, 0.3) is 0 Å². The Morgan fingerprint density at radius 2 is 2.17 bits per heavy atom. The normalized spacial score (nSPS) is 15.9. The highest BCUT2D eigenvalue weighted by molar-refractivity contribution is 7.13. The van der Waals surface area contributed by atoms with E-state index in [0.717, 1.165) is 36.4 Å². The summed E-state index contributed by atoms with van der Waals surface area (Å²) in [6.45, 7) is 3.48. The van der Waals surface area contributed by atoms with Crippen LogP contribution in [0.2, 0.25) is 0 Å². The minimum absolute atomic E-state index is 0.152. The maximum Gasteiger partial charge on any atom is 0.324 e. The van der Waals surface area contributed by atoms with E-state index in [1.165, 1.54) is 11.1 Å². The molecule has 0 aliphatic carbocycles. The predicted octanol–water partition coefficient (Wildman–Crippen LogP) is 2.17. The first-order valence-electron chi connectivity index (χ1n) is 8.01. The number of nitrogens with one attached hydrogen (secondary N) is 1. The van der Waals surface area contributed by atoms with Crippen molar-refractivity contribution >= 4 is 16.3 Å². The average Bonchev–Trinajstić information content (AvgIpc) is 3.04. The summed E-state index contributed by atoms with van der Waals surface area (Å²) in [7, 11) is 0. The molecule has 1 aliphatic heterocycles. The van der Waals surface area contributed by atoms with Crippen molar-refractivity contribution in [2.45, 2.75) is 25.6 Å². The lowest BCUT2D eigenvalue weighted by Crippen LogP contribution is -2.40. The molecule has 1 unspecified atom stereocenters. The molecule has 0 saturated heterocycles. The number of thiophene rings is 1. The Balaban J connectivity index is 1.41. The van der Waals surface area contributed by atoms with Gasteiger partial charge in [0.2, 0.25) is 0 Å². The van der Waals surface area contributed by atoms with Gasteiger partial charge < -0.3 is 10.4 Å². The molecule has 1 aromatic carbocycles. The van der Waals surface area contributed by atoms with E-state index in [2.05, 4.69) is 34.5 Å². The SMILES string of the molecule is O=[N+]([O-])c1cc(CNCC(O)CN2CCc3ccccc3C2)cs1. The van der Waals surface area contributed by atoms with Gasteiger partial charge in [0.15, 0.2) is 0 Å². The molecule has 0 saturated carbocycles. The van der Waals surface area contributed by atoms with Crippen molar-refractivity contribution < 1.29 is 10.0 Å². The topological polar surface area (TPSA) is 78.6 Å². The highest BCUT2D eigenvalue weighted by Gasteiger charge is 2.18. The van der Waals surface area contributed by atoms with Crippen LogP contribution in [0.25, 0.3) is 0 Å². The zero-order valence-corrected chi connectivity index (χ0v) is 14.2. The Bertz CT molecular complexity index is 704. The lowest BCUT2D eigenvalue weighted by molar-refractivity contribution is -0.380. The van der Waals surface area contributed by atoms with E-state index < -0.39 is 6.10 Å². The van der Waals surface area contributed by atoms with Gasteiger partial charge in [-0.05, 0) is 23.1 Å². The molecule has 7 heteroatoms. The van der Waals surface area contributed by atoms with E-state index in [0.29, 0.717) is 19.6 Å². The second-order valence-corrected chi connectivity index (χ2v) is 6.98. The van der Waals surface area contributed by atoms with Gasteiger partial charge in [-0.25, -0.2) is 0 Å². The Morgan fingerprint density at radius 1 is 1.38 bits per heavy atom. The fourth-order valence-corrected chi connectivity index (χ4v) is 3.74. The van der Waals surface area contributed by atoms with Crippen LogP contribution in [0, 0.1) is 10.1 Å². The number of fused-ring (bicyclic) bond motifs is 1. The lowest BCUT2D eigenvalue weighted by Gasteiger charge is -2.30. The summed E-state index contributed by atoms with van der Waals surface area (Å²) in [4.78, 5) is 12.5. The minimum atomic E-state index is -0.455. The van der Waals surface area contributed by atoms with Gasteiger partial charge >= 0.3 is 5.00 Å². The summed E-state index contributed by atoms with van der Waals surface area (Å²) in [5.41, 5.74) is 3.63. The van der Waals surface area contributed by atoms with Gasteiger partial charge in [0.05, 0.1) is 11.0 Å². The molecule has 1 aliphatic rings. The number of β-amino-alcohol motifs (C(OH)–C–C–N with tert-alkyl or cyclic N) is 1. The van der Waals surface area contributed by atoms with E-state index in [1.807, 2.05) is 0 Å². The number of nitro groups is 1. The number of aliphatic hydroxyl groups is 1. The smallest absolute Gasteiger partial charge is 0.324 e.